The number of nitro groups is 1. The molecule has 17 heteroatoms. The number of nitrogens with zero attached hydrogens (tertiary/aromatic N) is 6. The predicted molar refractivity (Wildman–Crippen MR) is 254 cm³/mol. The van der Waals surface area contributed by atoms with E-state index in [1.807, 2.05) is 43.3 Å². The second-order valence-corrected chi connectivity index (χ2v) is 21.1. The summed E-state index contributed by atoms with van der Waals surface area (Å²) in [5.41, 5.74) is 6.51. The van der Waals surface area contributed by atoms with E-state index >= 15 is 0 Å². The summed E-state index contributed by atoms with van der Waals surface area (Å²) in [6.07, 6.45) is 9.37. The molecule has 3 aromatic carbocycles. The maximum atomic E-state index is 14.2. The van der Waals surface area contributed by atoms with Gasteiger partial charge in [0.2, 0.25) is 0 Å². The number of allylic oxidation sites excluding steroid dienone is 1. The van der Waals surface area contributed by atoms with Crippen LogP contribution in [-0.4, -0.2) is 93.9 Å². The molecule has 6 aromatic rings. The lowest BCUT2D eigenvalue weighted by Gasteiger charge is -2.39. The molecule has 3 aromatic heterocycles. The number of carbonyl (C=O) groups is 1. The molecule has 0 unspecified atom stereocenters. The number of fused-ring (bicyclic) bond motifs is 2. The zero-order chi connectivity index (χ0) is 45.7. The van der Waals surface area contributed by atoms with Gasteiger partial charge in [-0.1, -0.05) is 43.2 Å². The minimum Gasteiger partial charge on any atom is -0.390 e. The van der Waals surface area contributed by atoms with Gasteiger partial charge in [-0.25, -0.2) is 23.1 Å². The first-order valence-electron chi connectivity index (χ1n) is 22.2. The minimum absolute atomic E-state index is 0.0616. The molecule has 15 nitrogen and oxygen atoms in total. The zero-order valence-corrected chi connectivity index (χ0v) is 38.4. The van der Waals surface area contributed by atoms with Crippen LogP contribution in [0.25, 0.3) is 33.3 Å². The molecule has 2 aliphatic carbocycles. The number of hydrogen-bond acceptors (Lipinski definition) is 11. The topological polar surface area (TPSA) is 192 Å². The molecule has 9 rings (SSSR count). The van der Waals surface area contributed by atoms with Crippen molar-refractivity contribution in [2.45, 2.75) is 76.2 Å². The van der Waals surface area contributed by atoms with Crippen molar-refractivity contribution in [3.63, 3.8) is 0 Å². The molecular formula is C48H54ClN9O6S. The highest BCUT2D eigenvalue weighted by atomic mass is 35.5. The normalized spacial score (nSPS) is 20.6. The molecule has 1 saturated carbocycles. The van der Waals surface area contributed by atoms with Gasteiger partial charge in [-0.2, -0.15) is 0 Å². The summed E-state index contributed by atoms with van der Waals surface area (Å²) < 4.78 is 31.7. The molecule has 4 heterocycles. The van der Waals surface area contributed by atoms with Gasteiger partial charge < -0.3 is 15.3 Å². The van der Waals surface area contributed by atoms with Gasteiger partial charge in [-0.05, 0) is 129 Å². The van der Waals surface area contributed by atoms with Crippen molar-refractivity contribution >= 4 is 72.2 Å². The van der Waals surface area contributed by atoms with Crippen LogP contribution in [-0.2, 0) is 10.0 Å². The maximum absolute atomic E-state index is 14.2. The molecule has 3 aliphatic rings. The van der Waals surface area contributed by atoms with Crippen LogP contribution in [0, 0.1) is 21.4 Å². The number of rotatable bonds is 12. The Kier molecular flexibility index (Phi) is 12.0. The third-order valence-electron chi connectivity index (χ3n) is 13.5. The molecule has 1 aliphatic heterocycles. The Morgan fingerprint density at radius 2 is 1.74 bits per heavy atom. The molecule has 340 valence electrons. The van der Waals surface area contributed by atoms with Gasteiger partial charge in [0.05, 0.1) is 32.2 Å². The van der Waals surface area contributed by atoms with Crippen molar-refractivity contribution in [1.29, 1.82) is 0 Å². The first-order chi connectivity index (χ1) is 31.0. The SMILES string of the molecule is CC1(C)CCC(CN2CCN(c3ccc(C(=O)NS(=O)(=O)c4ccc(NCC5CCC(C)(O)CC5)c([N+](=O)[O-])c4)c(-n4[nH]cc5nc6nccc6cc54)c3)CC2)=C(c2ccc(Cl)cc2)C1. The van der Waals surface area contributed by atoms with Crippen LogP contribution in [0.15, 0.2) is 95.7 Å². The highest BCUT2D eigenvalue weighted by molar-refractivity contribution is 7.90. The monoisotopic (exact) mass is 919 g/mol. The molecule has 2 fully saturated rings. The number of aliphatic hydroxyl groups is 1. The van der Waals surface area contributed by atoms with E-state index in [1.165, 1.54) is 28.8 Å². The number of sulfonamides is 1. The van der Waals surface area contributed by atoms with Gasteiger partial charge in [0.1, 0.15) is 11.2 Å². The fourth-order valence-corrected chi connectivity index (χ4v) is 10.7. The van der Waals surface area contributed by atoms with E-state index in [0.717, 1.165) is 87.0 Å². The van der Waals surface area contributed by atoms with Crippen LogP contribution >= 0.6 is 11.6 Å². The van der Waals surface area contributed by atoms with Gasteiger partial charge in [-0.15, -0.1) is 0 Å². The molecule has 1 amide bonds. The Bertz CT molecular complexity index is 2930. The number of piperazine rings is 1. The molecule has 0 atom stereocenters. The van der Waals surface area contributed by atoms with Crippen molar-refractivity contribution in [1.82, 2.24) is 29.4 Å². The number of halogens is 1. The molecule has 1 saturated heterocycles. The largest absolute Gasteiger partial charge is 0.390 e. The number of carbonyl (C=O) groups excluding carboxylic acids is 1. The number of H-pyrrole nitrogens is 1. The van der Waals surface area contributed by atoms with Crippen LogP contribution in [0.1, 0.15) is 81.6 Å². The van der Waals surface area contributed by atoms with Crippen LogP contribution in [0.2, 0.25) is 5.02 Å². The lowest BCUT2D eigenvalue weighted by molar-refractivity contribution is -0.384. The van der Waals surface area contributed by atoms with Gasteiger partial charge in [0.15, 0.2) is 5.65 Å². The first kappa shape index (κ1) is 44.4. The number of benzene rings is 3. The number of hydrogen-bond donors (Lipinski definition) is 4. The van der Waals surface area contributed by atoms with Crippen LogP contribution in [0.4, 0.5) is 17.1 Å². The number of nitrogens with one attached hydrogen (secondary N) is 3. The minimum atomic E-state index is -4.58. The maximum Gasteiger partial charge on any atom is 0.293 e. The Morgan fingerprint density at radius 1 is 0.985 bits per heavy atom. The summed E-state index contributed by atoms with van der Waals surface area (Å²) in [4.78, 5) is 39.2. The van der Waals surface area contributed by atoms with E-state index in [1.54, 1.807) is 23.1 Å². The summed E-state index contributed by atoms with van der Waals surface area (Å²) in [6, 6.07) is 20.8. The van der Waals surface area contributed by atoms with Crippen molar-refractivity contribution in [3.8, 4) is 5.69 Å². The number of aromatic amines is 1. The van der Waals surface area contributed by atoms with E-state index in [4.69, 9.17) is 11.6 Å². The van der Waals surface area contributed by atoms with E-state index in [2.05, 4.69) is 60.9 Å². The quantitative estimate of drug-likeness (QED) is 0.0678. The summed E-state index contributed by atoms with van der Waals surface area (Å²) >= 11 is 6.26. The number of anilines is 2. The highest BCUT2D eigenvalue weighted by Gasteiger charge is 2.32. The van der Waals surface area contributed by atoms with Gasteiger partial charge in [-0.3, -0.25) is 29.6 Å². The fraction of sp³-hybridized carbons (Fsp3) is 0.396. The summed E-state index contributed by atoms with van der Waals surface area (Å²) in [5, 5.41) is 30.4. The van der Waals surface area contributed by atoms with Crippen LogP contribution in [0.5, 0.6) is 0 Å². The van der Waals surface area contributed by atoms with Crippen LogP contribution < -0.4 is 14.9 Å². The molecule has 0 spiro atoms. The van der Waals surface area contributed by atoms with Crippen molar-refractivity contribution in [2.75, 3.05) is 49.5 Å². The van der Waals surface area contributed by atoms with Gasteiger partial charge in [0, 0.05) is 73.8 Å². The van der Waals surface area contributed by atoms with Crippen molar-refractivity contribution < 1.29 is 23.2 Å². The average molecular weight is 921 g/mol. The second-order valence-electron chi connectivity index (χ2n) is 18.9. The Hall–Kier alpha value is -5.81. The average Bonchev–Trinajstić information content (AvgIpc) is 3.92. The predicted octanol–water partition coefficient (Wildman–Crippen LogP) is 8.72. The number of nitro benzene ring substituents is 1. The molecular weight excluding hydrogens is 866 g/mol. The van der Waals surface area contributed by atoms with Crippen molar-refractivity contribution in [2.24, 2.45) is 11.3 Å². The van der Waals surface area contributed by atoms with Crippen LogP contribution in [0.3, 0.4) is 0 Å². The standard InChI is InChI=1S/C48H54ClN9O6S/c1-47(2)16-14-34(39(27-47)32-4-6-35(49)7-5-32)30-55-20-22-56(23-21-55)36-8-10-38(42(25-36)57-43-24-33-15-19-50-45(33)53-41(43)29-52-57)46(59)54-65(63,64)37-9-11-40(44(26-37)58(61)62)51-28-31-12-17-48(3,60)18-13-31/h4-11,15,19,24-26,29,31,51-52,60H,12-14,16-18,20-23,27-28,30H2,1-3H3,(H,54,59). The van der Waals surface area contributed by atoms with E-state index in [0.29, 0.717) is 41.8 Å². The van der Waals surface area contributed by atoms with Gasteiger partial charge in [0.25, 0.3) is 21.6 Å². The Balaban J connectivity index is 0.965. The molecule has 0 bridgehead atoms. The zero-order valence-electron chi connectivity index (χ0n) is 36.8. The first-order valence-corrected chi connectivity index (χ1v) is 24.1. The number of amides is 1. The van der Waals surface area contributed by atoms with E-state index in [9.17, 15) is 28.4 Å². The van der Waals surface area contributed by atoms with Gasteiger partial charge >= 0.3 is 0 Å². The van der Waals surface area contributed by atoms with Crippen molar-refractivity contribution in [3.05, 3.63) is 117 Å². The smallest absolute Gasteiger partial charge is 0.293 e. The number of pyridine rings is 1. The lowest BCUT2D eigenvalue weighted by Crippen LogP contribution is -2.47. The number of aromatic nitrogens is 4. The second kappa shape index (κ2) is 17.5. The lowest BCUT2D eigenvalue weighted by atomic mass is 9.72. The van der Waals surface area contributed by atoms with E-state index in [-0.39, 0.29) is 22.6 Å². The molecule has 65 heavy (non-hydrogen) atoms. The Labute approximate surface area is 383 Å². The summed E-state index contributed by atoms with van der Waals surface area (Å²) in [5.74, 6) is -0.707. The summed E-state index contributed by atoms with van der Waals surface area (Å²) in [6.45, 7) is 10.9. The summed E-state index contributed by atoms with van der Waals surface area (Å²) in [7, 11) is -4.58. The third kappa shape index (κ3) is 9.62. The highest BCUT2D eigenvalue weighted by Crippen LogP contribution is 2.43. The third-order valence-corrected chi connectivity index (χ3v) is 15.1. The molecule has 0 radical (unpaired) electrons. The fourth-order valence-electron chi connectivity index (χ4n) is 9.58. The Morgan fingerprint density at radius 3 is 2.48 bits per heavy atom. The van der Waals surface area contributed by atoms with E-state index < -0.39 is 37.0 Å². The molecule has 4 N–H and O–H groups in total.